The van der Waals surface area contributed by atoms with Gasteiger partial charge in [0.15, 0.2) is 0 Å². The summed E-state index contributed by atoms with van der Waals surface area (Å²) in [4.78, 5) is 52.8. The molecule has 4 aliphatic rings. The van der Waals surface area contributed by atoms with Gasteiger partial charge in [-0.25, -0.2) is 0 Å². The third-order valence-corrected chi connectivity index (χ3v) is 7.23. The van der Waals surface area contributed by atoms with Gasteiger partial charge in [0.25, 0.3) is 5.91 Å². The van der Waals surface area contributed by atoms with Crippen LogP contribution in [0.2, 0.25) is 0 Å². The number of amides is 4. The second kappa shape index (κ2) is 8.63. The van der Waals surface area contributed by atoms with Gasteiger partial charge in [0, 0.05) is 37.7 Å². The van der Waals surface area contributed by atoms with E-state index >= 15 is 0 Å². The number of rotatable bonds is 4. The molecule has 2 unspecified atom stereocenters. The first-order chi connectivity index (χ1) is 15.5. The third kappa shape index (κ3) is 4.02. The summed E-state index contributed by atoms with van der Waals surface area (Å²) in [7, 11) is 0. The van der Waals surface area contributed by atoms with Gasteiger partial charge in [-0.15, -0.1) is 0 Å². The van der Waals surface area contributed by atoms with Gasteiger partial charge in [-0.2, -0.15) is 0 Å². The molecule has 32 heavy (non-hydrogen) atoms. The summed E-state index contributed by atoms with van der Waals surface area (Å²) >= 11 is 0. The van der Waals surface area contributed by atoms with Gasteiger partial charge in [0.1, 0.15) is 6.04 Å². The molecule has 4 amide bonds. The number of hydrogen-bond acceptors (Lipinski definition) is 6. The molecule has 0 bridgehead atoms. The van der Waals surface area contributed by atoms with Crippen LogP contribution < -0.4 is 16.0 Å². The average molecular weight is 440 g/mol. The van der Waals surface area contributed by atoms with Crippen molar-refractivity contribution in [3.63, 3.8) is 0 Å². The summed E-state index contributed by atoms with van der Waals surface area (Å²) in [5.74, 6) is -0.270. The summed E-state index contributed by atoms with van der Waals surface area (Å²) in [5.41, 5.74) is 2.51. The lowest BCUT2D eigenvalue weighted by Gasteiger charge is -2.41. The molecule has 0 radical (unpaired) electrons. The van der Waals surface area contributed by atoms with Gasteiger partial charge in [-0.05, 0) is 55.5 Å². The van der Waals surface area contributed by atoms with Crippen molar-refractivity contribution in [1.29, 1.82) is 0 Å². The number of piperazine rings is 1. The van der Waals surface area contributed by atoms with Crippen molar-refractivity contribution >= 4 is 23.6 Å². The van der Waals surface area contributed by atoms with Crippen molar-refractivity contribution in [2.45, 2.75) is 50.9 Å². The molecule has 170 valence electrons. The Morgan fingerprint density at radius 2 is 1.78 bits per heavy atom. The van der Waals surface area contributed by atoms with Gasteiger partial charge in [0.05, 0.1) is 6.54 Å². The zero-order valence-corrected chi connectivity index (χ0v) is 18.1. The highest BCUT2D eigenvalue weighted by Gasteiger charge is 2.39. The zero-order chi connectivity index (χ0) is 22.2. The molecule has 3 N–H and O–H groups in total. The van der Waals surface area contributed by atoms with Crippen LogP contribution in [0.15, 0.2) is 18.2 Å². The maximum absolute atomic E-state index is 13.1. The lowest BCUT2D eigenvalue weighted by atomic mass is 9.87. The summed E-state index contributed by atoms with van der Waals surface area (Å²) in [6.45, 7) is 4.03. The van der Waals surface area contributed by atoms with Crippen molar-refractivity contribution in [2.75, 3.05) is 26.2 Å². The Kier molecular flexibility index (Phi) is 5.69. The first-order valence-electron chi connectivity index (χ1n) is 11.5. The minimum Gasteiger partial charge on any atom is -0.353 e. The monoisotopic (exact) mass is 439 g/mol. The van der Waals surface area contributed by atoms with E-state index in [2.05, 4.69) is 20.9 Å². The molecule has 4 aliphatic heterocycles. The van der Waals surface area contributed by atoms with E-state index in [0.717, 1.165) is 37.1 Å². The van der Waals surface area contributed by atoms with Gasteiger partial charge >= 0.3 is 0 Å². The minimum atomic E-state index is -0.605. The molecule has 4 heterocycles. The molecular weight excluding hydrogens is 410 g/mol. The van der Waals surface area contributed by atoms with E-state index in [1.807, 2.05) is 18.2 Å². The van der Waals surface area contributed by atoms with Crippen LogP contribution in [0.25, 0.3) is 0 Å². The topological polar surface area (TPSA) is 111 Å². The van der Waals surface area contributed by atoms with E-state index in [0.29, 0.717) is 50.1 Å². The third-order valence-electron chi connectivity index (χ3n) is 7.23. The Morgan fingerprint density at radius 1 is 0.969 bits per heavy atom. The molecule has 3 fully saturated rings. The number of hydrogen-bond donors (Lipinski definition) is 3. The van der Waals surface area contributed by atoms with Crippen LogP contribution >= 0.6 is 0 Å². The van der Waals surface area contributed by atoms with Crippen molar-refractivity contribution in [3.8, 4) is 0 Å². The molecule has 2 atom stereocenters. The van der Waals surface area contributed by atoms with Crippen LogP contribution in [0.3, 0.4) is 0 Å². The first kappa shape index (κ1) is 21.1. The van der Waals surface area contributed by atoms with E-state index in [1.165, 1.54) is 0 Å². The number of nitrogens with one attached hydrogen (secondary N) is 3. The summed E-state index contributed by atoms with van der Waals surface area (Å²) in [6.07, 6.45) is 2.80. The predicted octanol–water partition coefficient (Wildman–Crippen LogP) is -0.252. The summed E-state index contributed by atoms with van der Waals surface area (Å²) in [5, 5.41) is 8.76. The Bertz CT molecular complexity index is 958. The number of benzene rings is 1. The SMILES string of the molecule is O=C1CN(Cc2ccc3c(c2)C(=O)N(C2CCC(=O)NC2=O)C3)C(C2CCNCC2)CN1. The lowest BCUT2D eigenvalue weighted by Crippen LogP contribution is -2.57. The Balaban J connectivity index is 1.32. The van der Waals surface area contributed by atoms with Crippen LogP contribution in [-0.4, -0.2) is 71.7 Å². The van der Waals surface area contributed by atoms with Crippen LogP contribution in [0.5, 0.6) is 0 Å². The number of carbonyl (C=O) groups excluding carboxylic acids is 4. The highest BCUT2D eigenvalue weighted by Crippen LogP contribution is 2.30. The normalized spacial score (nSPS) is 27.3. The average Bonchev–Trinajstić information content (AvgIpc) is 3.10. The Hall–Kier alpha value is -2.78. The first-order valence-corrected chi connectivity index (χ1v) is 11.5. The molecule has 9 heteroatoms. The van der Waals surface area contributed by atoms with Gasteiger partial charge in [-0.1, -0.05) is 12.1 Å². The minimum absolute atomic E-state index is 0.0384. The van der Waals surface area contributed by atoms with E-state index in [-0.39, 0.29) is 24.1 Å². The molecule has 0 saturated carbocycles. The smallest absolute Gasteiger partial charge is 0.255 e. The molecule has 0 aromatic heterocycles. The van der Waals surface area contributed by atoms with Crippen LogP contribution in [0, 0.1) is 5.92 Å². The van der Waals surface area contributed by atoms with Crippen molar-refractivity contribution in [2.24, 2.45) is 5.92 Å². The zero-order valence-electron chi connectivity index (χ0n) is 18.1. The number of nitrogens with zero attached hydrogens (tertiary/aromatic N) is 2. The molecular formula is C23H29N5O4. The standard InChI is InChI=1S/C23H29N5O4/c29-20-4-3-18(22(31)26-20)28-12-16-2-1-14(9-17(16)23(28)32)11-27-13-21(30)25-10-19(27)15-5-7-24-8-6-15/h1-2,9,15,18-19,24H,3-8,10-13H2,(H,25,30)(H,26,29,31). The van der Waals surface area contributed by atoms with E-state index < -0.39 is 11.9 Å². The van der Waals surface area contributed by atoms with E-state index in [9.17, 15) is 19.2 Å². The van der Waals surface area contributed by atoms with Gasteiger partial charge < -0.3 is 15.5 Å². The largest absolute Gasteiger partial charge is 0.353 e. The fourth-order valence-electron chi connectivity index (χ4n) is 5.51. The fraction of sp³-hybridized carbons (Fsp3) is 0.565. The fourth-order valence-corrected chi connectivity index (χ4v) is 5.51. The molecule has 9 nitrogen and oxygen atoms in total. The molecule has 0 aliphatic carbocycles. The molecule has 0 spiro atoms. The maximum Gasteiger partial charge on any atom is 0.255 e. The van der Waals surface area contributed by atoms with Crippen molar-refractivity contribution in [1.82, 2.24) is 25.8 Å². The highest BCUT2D eigenvalue weighted by atomic mass is 16.2. The second-order valence-electron chi connectivity index (χ2n) is 9.26. The second-order valence-corrected chi connectivity index (χ2v) is 9.26. The van der Waals surface area contributed by atoms with Gasteiger partial charge in [-0.3, -0.25) is 29.4 Å². The molecule has 1 aromatic carbocycles. The summed E-state index contributed by atoms with van der Waals surface area (Å²) in [6, 6.07) is 5.57. The van der Waals surface area contributed by atoms with Crippen molar-refractivity contribution in [3.05, 3.63) is 34.9 Å². The Labute approximate surface area is 186 Å². The van der Waals surface area contributed by atoms with Crippen LogP contribution in [0.4, 0.5) is 0 Å². The predicted molar refractivity (Wildman–Crippen MR) is 115 cm³/mol. The van der Waals surface area contributed by atoms with E-state index in [4.69, 9.17) is 0 Å². The van der Waals surface area contributed by atoms with Crippen molar-refractivity contribution < 1.29 is 19.2 Å². The Morgan fingerprint density at radius 3 is 2.56 bits per heavy atom. The maximum atomic E-state index is 13.1. The quantitative estimate of drug-likeness (QED) is 0.558. The number of fused-ring (bicyclic) bond motifs is 1. The molecule has 1 aromatic rings. The number of imide groups is 1. The van der Waals surface area contributed by atoms with Crippen LogP contribution in [0.1, 0.15) is 47.2 Å². The number of piperidine rings is 2. The van der Waals surface area contributed by atoms with Gasteiger partial charge in [0.2, 0.25) is 17.7 Å². The summed E-state index contributed by atoms with van der Waals surface area (Å²) < 4.78 is 0. The molecule has 3 saturated heterocycles. The highest BCUT2D eigenvalue weighted by molar-refractivity contribution is 6.05. The van der Waals surface area contributed by atoms with Crippen LogP contribution in [-0.2, 0) is 27.5 Å². The number of carbonyl (C=O) groups is 4. The lowest BCUT2D eigenvalue weighted by molar-refractivity contribution is -0.137. The molecule has 5 rings (SSSR count). The van der Waals surface area contributed by atoms with E-state index in [1.54, 1.807) is 4.90 Å².